The second-order valence-electron chi connectivity index (χ2n) is 4.01. The molecule has 94 valence electrons. The molecule has 0 N–H and O–H groups in total. The van der Waals surface area contributed by atoms with Gasteiger partial charge in [0.05, 0.1) is 0 Å². The Balaban J connectivity index is 1.83. The first-order valence-electron chi connectivity index (χ1n) is 5.73. The van der Waals surface area contributed by atoms with Gasteiger partial charge in [-0.25, -0.2) is 0 Å². The van der Waals surface area contributed by atoms with Gasteiger partial charge in [0.1, 0.15) is 0 Å². The van der Waals surface area contributed by atoms with Crippen LogP contribution in [0.1, 0.15) is 12.8 Å². The van der Waals surface area contributed by atoms with Crippen LogP contribution >= 0.6 is 7.94 Å². The van der Waals surface area contributed by atoms with Crippen molar-refractivity contribution in [2.75, 3.05) is 13.3 Å². The van der Waals surface area contributed by atoms with E-state index in [1.54, 1.807) is 0 Å². The zero-order valence-corrected chi connectivity index (χ0v) is 12.5. The van der Waals surface area contributed by atoms with Crippen LogP contribution < -0.4 is 9.36 Å². The molecule has 0 radical (unpaired) electrons. The van der Waals surface area contributed by atoms with Crippen LogP contribution in [0.2, 0.25) is 5.32 Å². The molecule has 1 unspecified atom stereocenters. The van der Waals surface area contributed by atoms with E-state index in [4.69, 9.17) is 9.05 Å². The van der Waals surface area contributed by atoms with Crippen LogP contribution in [0.5, 0.6) is 0 Å². The SMILES string of the molecule is CO[P+]1([O-])CCC[C@@H](C[Se]c2ccccc2)O1. The second-order valence-corrected chi connectivity index (χ2v) is 8.55. The summed E-state index contributed by atoms with van der Waals surface area (Å²) in [5.41, 5.74) is 0. The summed E-state index contributed by atoms with van der Waals surface area (Å²) in [6.07, 6.45) is 2.62. The van der Waals surface area contributed by atoms with E-state index in [1.165, 1.54) is 11.6 Å². The minimum atomic E-state index is -2.76. The fourth-order valence-corrected chi connectivity index (χ4v) is 5.62. The van der Waals surface area contributed by atoms with E-state index in [2.05, 4.69) is 24.3 Å². The molecule has 0 aliphatic carbocycles. The van der Waals surface area contributed by atoms with Crippen molar-refractivity contribution in [2.45, 2.75) is 24.3 Å². The van der Waals surface area contributed by atoms with Crippen molar-refractivity contribution in [2.24, 2.45) is 0 Å². The van der Waals surface area contributed by atoms with Gasteiger partial charge in [0, 0.05) is 0 Å². The van der Waals surface area contributed by atoms with Crippen molar-refractivity contribution in [1.29, 1.82) is 0 Å². The molecule has 1 saturated heterocycles. The second kappa shape index (κ2) is 6.28. The standard InChI is InChI=1S/C12H17O3PSe/c1-14-16(13)9-5-6-11(15-16)10-17-12-7-3-2-4-8-12/h2-4,7-8,11H,5-6,9-10H2,1H3/t11-,16?/m0/s1. The van der Waals surface area contributed by atoms with Crippen LogP contribution in [0, 0.1) is 0 Å². The number of rotatable bonds is 4. The van der Waals surface area contributed by atoms with Gasteiger partial charge in [-0.2, -0.15) is 0 Å². The van der Waals surface area contributed by atoms with Crippen LogP contribution in [-0.4, -0.2) is 34.3 Å². The third kappa shape index (κ3) is 4.03. The molecule has 1 aliphatic rings. The van der Waals surface area contributed by atoms with Gasteiger partial charge in [-0.1, -0.05) is 0 Å². The molecule has 0 bridgehead atoms. The maximum atomic E-state index is 12.0. The molecule has 3 nitrogen and oxygen atoms in total. The molecular weight excluding hydrogens is 302 g/mol. The first kappa shape index (κ1) is 13.5. The molecule has 0 aromatic heterocycles. The van der Waals surface area contributed by atoms with Crippen LogP contribution in [0.15, 0.2) is 30.3 Å². The van der Waals surface area contributed by atoms with E-state index in [-0.39, 0.29) is 6.10 Å². The summed E-state index contributed by atoms with van der Waals surface area (Å²) in [7, 11) is -1.28. The summed E-state index contributed by atoms with van der Waals surface area (Å²) in [6, 6.07) is 10.4. The molecule has 1 aromatic rings. The van der Waals surface area contributed by atoms with Crippen LogP contribution in [0.3, 0.4) is 0 Å². The van der Waals surface area contributed by atoms with E-state index < -0.39 is 7.94 Å². The molecule has 1 aromatic carbocycles. The van der Waals surface area contributed by atoms with Gasteiger partial charge in [0.2, 0.25) is 0 Å². The van der Waals surface area contributed by atoms with Gasteiger partial charge in [0.15, 0.2) is 0 Å². The molecule has 0 saturated carbocycles. The number of benzene rings is 1. The first-order valence-corrected chi connectivity index (χ1v) is 9.52. The summed E-state index contributed by atoms with van der Waals surface area (Å²) < 4.78 is 12.0. The summed E-state index contributed by atoms with van der Waals surface area (Å²) in [4.78, 5) is 12.0. The molecule has 2 rings (SSSR count). The predicted octanol–water partition coefficient (Wildman–Crippen LogP) is 1.38. The van der Waals surface area contributed by atoms with E-state index in [0.717, 1.165) is 18.2 Å². The number of hydrogen-bond acceptors (Lipinski definition) is 3. The van der Waals surface area contributed by atoms with Gasteiger partial charge in [-0.3, -0.25) is 0 Å². The Kier molecular flexibility index (Phi) is 4.98. The Morgan fingerprint density at radius 3 is 2.94 bits per heavy atom. The molecule has 1 fully saturated rings. The predicted molar refractivity (Wildman–Crippen MR) is 69.5 cm³/mol. The normalized spacial score (nSPS) is 29.2. The minimum absolute atomic E-state index is 0.106. The van der Waals surface area contributed by atoms with Gasteiger partial charge < -0.3 is 0 Å². The Hall–Kier alpha value is 0.0495. The zero-order valence-electron chi connectivity index (χ0n) is 9.87. The summed E-state index contributed by atoms with van der Waals surface area (Å²) >= 11 is 0.391. The van der Waals surface area contributed by atoms with E-state index in [0.29, 0.717) is 21.1 Å². The summed E-state index contributed by atoms with van der Waals surface area (Å²) in [5.74, 6) is 0. The molecular formula is C12H17O3PSe. The average molecular weight is 319 g/mol. The van der Waals surface area contributed by atoms with Crippen LogP contribution in [0.25, 0.3) is 0 Å². The first-order chi connectivity index (χ1) is 8.22. The number of hydrogen-bond donors (Lipinski definition) is 0. The van der Waals surface area contributed by atoms with Crippen LogP contribution in [0.4, 0.5) is 0 Å². The third-order valence-corrected chi connectivity index (χ3v) is 7.16. The Bertz CT molecular complexity index is 349. The molecule has 2 atom stereocenters. The van der Waals surface area contributed by atoms with E-state index in [9.17, 15) is 4.89 Å². The van der Waals surface area contributed by atoms with E-state index >= 15 is 0 Å². The zero-order chi connectivity index (χ0) is 12.1. The Labute approximate surface area is 109 Å². The average Bonchev–Trinajstić information content (AvgIpc) is 2.38. The van der Waals surface area contributed by atoms with E-state index in [1.807, 2.05) is 6.07 Å². The van der Waals surface area contributed by atoms with Crippen molar-refractivity contribution in [3.8, 4) is 0 Å². The fraction of sp³-hybridized carbons (Fsp3) is 0.500. The summed E-state index contributed by atoms with van der Waals surface area (Å²) in [5, 5.41) is 0.977. The van der Waals surface area contributed by atoms with Gasteiger partial charge in [0.25, 0.3) is 0 Å². The molecule has 0 spiro atoms. The monoisotopic (exact) mass is 320 g/mol. The topological polar surface area (TPSA) is 41.5 Å². The van der Waals surface area contributed by atoms with Crippen molar-refractivity contribution >= 4 is 27.4 Å². The maximum absolute atomic E-state index is 12.0. The third-order valence-electron chi connectivity index (χ3n) is 2.73. The van der Waals surface area contributed by atoms with Crippen molar-refractivity contribution < 1.29 is 13.9 Å². The van der Waals surface area contributed by atoms with Gasteiger partial charge in [-0.05, 0) is 0 Å². The fourth-order valence-electron chi connectivity index (χ4n) is 1.80. The van der Waals surface area contributed by atoms with Crippen molar-refractivity contribution in [1.82, 2.24) is 0 Å². The molecule has 1 aliphatic heterocycles. The Morgan fingerprint density at radius 2 is 2.24 bits per heavy atom. The van der Waals surface area contributed by atoms with Gasteiger partial charge >= 0.3 is 109 Å². The Morgan fingerprint density at radius 1 is 1.47 bits per heavy atom. The molecule has 1 heterocycles. The molecule has 0 amide bonds. The molecule has 17 heavy (non-hydrogen) atoms. The van der Waals surface area contributed by atoms with Crippen LogP contribution in [-0.2, 0) is 9.05 Å². The van der Waals surface area contributed by atoms with Crippen molar-refractivity contribution in [3.05, 3.63) is 30.3 Å². The van der Waals surface area contributed by atoms with Crippen molar-refractivity contribution in [3.63, 3.8) is 0 Å². The summed E-state index contributed by atoms with van der Waals surface area (Å²) in [6.45, 7) is 0. The quantitative estimate of drug-likeness (QED) is 0.622. The molecule has 5 heteroatoms. The van der Waals surface area contributed by atoms with Gasteiger partial charge in [-0.15, -0.1) is 0 Å².